The third-order valence-corrected chi connectivity index (χ3v) is 4.28. The van der Waals surface area contributed by atoms with Crippen molar-refractivity contribution in [3.8, 4) is 0 Å². The fourth-order valence-electron chi connectivity index (χ4n) is 2.24. The van der Waals surface area contributed by atoms with Crippen molar-refractivity contribution in [2.24, 2.45) is 11.7 Å². The van der Waals surface area contributed by atoms with Gasteiger partial charge in [-0.15, -0.1) is 11.3 Å². The summed E-state index contributed by atoms with van der Waals surface area (Å²) in [5.74, 6) is 0.898. The molecule has 1 saturated heterocycles. The number of thiazole rings is 1. The van der Waals surface area contributed by atoms with Crippen molar-refractivity contribution in [3.05, 3.63) is 16.1 Å². The molecule has 0 radical (unpaired) electrons. The van der Waals surface area contributed by atoms with Crippen LogP contribution >= 0.6 is 11.3 Å². The number of hydrogen-bond acceptors (Lipinski definition) is 4. The van der Waals surface area contributed by atoms with E-state index >= 15 is 0 Å². The molecule has 1 aliphatic rings. The minimum absolute atomic E-state index is 0.213. The smallest absolute Gasteiger partial charge is 0.0944 e. The summed E-state index contributed by atoms with van der Waals surface area (Å²) in [4.78, 5) is 7.18. The van der Waals surface area contributed by atoms with Crippen LogP contribution in [0.1, 0.15) is 37.4 Å². The largest absolute Gasteiger partial charge is 0.328 e. The molecule has 2 rings (SSSR count). The van der Waals surface area contributed by atoms with Crippen molar-refractivity contribution in [1.82, 2.24) is 9.88 Å². The molecular weight excluding hydrogens is 230 g/mol. The van der Waals surface area contributed by atoms with Crippen LogP contribution in [-0.4, -0.2) is 29.0 Å². The summed E-state index contributed by atoms with van der Waals surface area (Å²) in [6.07, 6.45) is 3.56. The van der Waals surface area contributed by atoms with E-state index in [2.05, 4.69) is 22.2 Å². The lowest BCUT2D eigenvalue weighted by molar-refractivity contribution is 0.183. The van der Waals surface area contributed by atoms with Crippen LogP contribution in [0, 0.1) is 5.92 Å². The van der Waals surface area contributed by atoms with Gasteiger partial charge in [0.2, 0.25) is 0 Å². The summed E-state index contributed by atoms with van der Waals surface area (Å²) in [6.45, 7) is 7.85. The number of hydrogen-bond donors (Lipinski definition) is 1. The van der Waals surface area contributed by atoms with Crippen molar-refractivity contribution in [3.63, 3.8) is 0 Å². The highest BCUT2D eigenvalue weighted by atomic mass is 32.1. The first kappa shape index (κ1) is 13.0. The summed E-state index contributed by atoms with van der Waals surface area (Å²) in [5.41, 5.74) is 7.01. The monoisotopic (exact) mass is 253 g/mol. The molecule has 0 saturated carbocycles. The minimum Gasteiger partial charge on any atom is -0.328 e. The highest BCUT2D eigenvalue weighted by Crippen LogP contribution is 2.19. The van der Waals surface area contributed by atoms with E-state index in [0.717, 1.165) is 18.9 Å². The summed E-state index contributed by atoms with van der Waals surface area (Å²) in [7, 11) is 0. The van der Waals surface area contributed by atoms with Crippen LogP contribution in [0.2, 0.25) is 0 Å². The number of likely N-dealkylation sites (tertiary alicyclic amines) is 1. The maximum absolute atomic E-state index is 5.79. The van der Waals surface area contributed by atoms with Gasteiger partial charge >= 0.3 is 0 Å². The number of nitrogens with zero attached hydrogens (tertiary/aromatic N) is 2. The second-order valence-electron chi connectivity index (χ2n) is 5.37. The number of rotatable bonds is 4. The summed E-state index contributed by atoms with van der Waals surface area (Å²) < 4.78 is 0. The highest BCUT2D eigenvalue weighted by molar-refractivity contribution is 7.09. The molecule has 2 N–H and O–H groups in total. The van der Waals surface area contributed by atoms with Crippen LogP contribution in [0.3, 0.4) is 0 Å². The van der Waals surface area contributed by atoms with Gasteiger partial charge in [-0.05, 0) is 38.8 Å². The number of nitrogens with two attached hydrogens (primary N) is 1. The molecule has 4 heteroatoms. The van der Waals surface area contributed by atoms with Crippen LogP contribution in [-0.2, 0) is 13.0 Å². The molecule has 2 heterocycles. The Balaban J connectivity index is 1.84. The van der Waals surface area contributed by atoms with Gasteiger partial charge in [-0.1, -0.05) is 6.92 Å². The van der Waals surface area contributed by atoms with E-state index in [1.807, 2.05) is 6.92 Å². The van der Waals surface area contributed by atoms with Gasteiger partial charge in [-0.2, -0.15) is 0 Å². The molecule has 17 heavy (non-hydrogen) atoms. The van der Waals surface area contributed by atoms with Crippen LogP contribution in [0.5, 0.6) is 0 Å². The standard InChI is InChI=1S/C13H23N3S/c1-10-3-5-16(6-4-10)8-12-9-17-13(15-12)7-11(2)14/h9-11H,3-8,14H2,1-2H3. The van der Waals surface area contributed by atoms with Crippen LogP contribution in [0.25, 0.3) is 0 Å². The zero-order valence-electron chi connectivity index (χ0n) is 10.9. The van der Waals surface area contributed by atoms with E-state index in [9.17, 15) is 0 Å². The number of aromatic nitrogens is 1. The van der Waals surface area contributed by atoms with Crippen LogP contribution < -0.4 is 5.73 Å². The number of piperidine rings is 1. The quantitative estimate of drug-likeness (QED) is 0.895. The lowest BCUT2D eigenvalue weighted by Crippen LogP contribution is -2.32. The average molecular weight is 253 g/mol. The SMILES string of the molecule is CC(N)Cc1nc(CN2CCC(C)CC2)cs1. The van der Waals surface area contributed by atoms with Crippen molar-refractivity contribution in [1.29, 1.82) is 0 Å². The fraction of sp³-hybridized carbons (Fsp3) is 0.769. The predicted octanol–water partition coefficient (Wildman–Crippen LogP) is 2.26. The Hall–Kier alpha value is -0.450. The van der Waals surface area contributed by atoms with Crippen molar-refractivity contribution in [2.75, 3.05) is 13.1 Å². The first-order chi connectivity index (χ1) is 8.13. The Morgan fingerprint density at radius 1 is 1.53 bits per heavy atom. The lowest BCUT2D eigenvalue weighted by Gasteiger charge is -2.29. The van der Waals surface area contributed by atoms with E-state index in [0.29, 0.717) is 0 Å². The molecular formula is C13H23N3S. The molecule has 1 aromatic rings. The van der Waals surface area contributed by atoms with Crippen LogP contribution in [0.4, 0.5) is 0 Å². The molecule has 0 aliphatic carbocycles. The van der Waals surface area contributed by atoms with E-state index in [1.54, 1.807) is 11.3 Å². The molecule has 1 aromatic heterocycles. The molecule has 1 aliphatic heterocycles. The highest BCUT2D eigenvalue weighted by Gasteiger charge is 2.16. The molecule has 3 nitrogen and oxygen atoms in total. The van der Waals surface area contributed by atoms with Crippen molar-refractivity contribution >= 4 is 11.3 Å². The summed E-state index contributed by atoms with van der Waals surface area (Å²) in [6, 6.07) is 0.213. The molecule has 0 amide bonds. The van der Waals surface area contributed by atoms with Gasteiger partial charge in [0.1, 0.15) is 0 Å². The molecule has 0 bridgehead atoms. The third-order valence-electron chi connectivity index (χ3n) is 3.36. The Labute approximate surface area is 108 Å². The molecule has 96 valence electrons. The first-order valence-electron chi connectivity index (χ1n) is 6.54. The van der Waals surface area contributed by atoms with E-state index in [-0.39, 0.29) is 6.04 Å². The molecule has 1 fully saturated rings. The second kappa shape index (κ2) is 5.94. The maximum Gasteiger partial charge on any atom is 0.0944 e. The first-order valence-corrected chi connectivity index (χ1v) is 7.42. The van der Waals surface area contributed by atoms with E-state index < -0.39 is 0 Å². The Kier molecular flexibility index (Phi) is 4.54. The molecule has 1 atom stereocenters. The van der Waals surface area contributed by atoms with Gasteiger partial charge in [0.15, 0.2) is 0 Å². The maximum atomic E-state index is 5.79. The van der Waals surface area contributed by atoms with Gasteiger partial charge < -0.3 is 5.73 Å². The predicted molar refractivity (Wildman–Crippen MR) is 73.1 cm³/mol. The second-order valence-corrected chi connectivity index (χ2v) is 6.32. The Morgan fingerprint density at radius 2 is 2.24 bits per heavy atom. The zero-order valence-corrected chi connectivity index (χ0v) is 11.7. The average Bonchev–Trinajstić information content (AvgIpc) is 2.68. The summed E-state index contributed by atoms with van der Waals surface area (Å²) in [5, 5.41) is 3.37. The van der Waals surface area contributed by atoms with Gasteiger partial charge in [0.05, 0.1) is 10.7 Å². The van der Waals surface area contributed by atoms with Crippen LogP contribution in [0.15, 0.2) is 5.38 Å². The lowest BCUT2D eigenvalue weighted by atomic mass is 9.99. The van der Waals surface area contributed by atoms with Gasteiger partial charge in [0, 0.05) is 24.4 Å². The summed E-state index contributed by atoms with van der Waals surface area (Å²) >= 11 is 1.75. The minimum atomic E-state index is 0.213. The molecule has 0 aromatic carbocycles. The van der Waals surface area contributed by atoms with E-state index in [1.165, 1.54) is 36.6 Å². The van der Waals surface area contributed by atoms with Gasteiger partial charge in [0.25, 0.3) is 0 Å². The fourth-order valence-corrected chi connectivity index (χ4v) is 3.17. The van der Waals surface area contributed by atoms with Gasteiger partial charge in [-0.3, -0.25) is 4.90 Å². The third kappa shape index (κ3) is 4.05. The normalized spacial score (nSPS) is 20.6. The van der Waals surface area contributed by atoms with Crippen molar-refractivity contribution in [2.45, 2.75) is 45.7 Å². The molecule has 1 unspecified atom stereocenters. The topological polar surface area (TPSA) is 42.1 Å². The van der Waals surface area contributed by atoms with Crippen molar-refractivity contribution < 1.29 is 0 Å². The Bertz CT molecular complexity index is 340. The zero-order chi connectivity index (χ0) is 12.3. The Morgan fingerprint density at radius 3 is 2.88 bits per heavy atom. The van der Waals surface area contributed by atoms with Gasteiger partial charge in [-0.25, -0.2) is 4.98 Å². The van der Waals surface area contributed by atoms with E-state index in [4.69, 9.17) is 5.73 Å². The molecule has 0 spiro atoms.